The number of amides is 2. The summed E-state index contributed by atoms with van der Waals surface area (Å²) in [5.74, 6) is 0. The van der Waals surface area contributed by atoms with E-state index in [4.69, 9.17) is 0 Å². The number of pyridine rings is 1. The molecule has 22 heavy (non-hydrogen) atoms. The van der Waals surface area contributed by atoms with Crippen LogP contribution in [0.3, 0.4) is 0 Å². The Balaban J connectivity index is 1.76. The number of likely N-dealkylation sites (tertiary alicyclic amines) is 1. The third kappa shape index (κ3) is 2.89. The number of urea groups is 1. The van der Waals surface area contributed by atoms with E-state index in [1.54, 1.807) is 35.5 Å². The number of anilines is 1. The molecule has 0 saturated carbocycles. The molecule has 0 radical (unpaired) electrons. The molecular formula is C15H18N4O2S. The van der Waals surface area contributed by atoms with Gasteiger partial charge in [-0.2, -0.15) is 0 Å². The largest absolute Gasteiger partial charge is 0.322 e. The van der Waals surface area contributed by atoms with Gasteiger partial charge in [0.1, 0.15) is 5.01 Å². The number of aromatic nitrogens is 2. The summed E-state index contributed by atoms with van der Waals surface area (Å²) in [6, 6.07) is 3.00. The van der Waals surface area contributed by atoms with E-state index in [1.807, 2.05) is 12.3 Å². The number of hydrogen-bond acceptors (Lipinski definition) is 4. The Morgan fingerprint density at radius 2 is 2.32 bits per heavy atom. The summed E-state index contributed by atoms with van der Waals surface area (Å²) in [7, 11) is 1.68. The van der Waals surface area contributed by atoms with E-state index in [0.717, 1.165) is 23.5 Å². The second-order valence-electron chi connectivity index (χ2n) is 5.47. The second-order valence-corrected chi connectivity index (χ2v) is 6.36. The van der Waals surface area contributed by atoms with Gasteiger partial charge in [-0.25, -0.2) is 9.78 Å². The topological polar surface area (TPSA) is 67.2 Å². The smallest absolute Gasteiger partial charge is 0.318 e. The molecule has 0 aromatic carbocycles. The summed E-state index contributed by atoms with van der Waals surface area (Å²) >= 11 is 1.59. The normalized spacial score (nSPS) is 17.7. The van der Waals surface area contributed by atoms with Crippen molar-refractivity contribution in [1.82, 2.24) is 14.5 Å². The maximum Gasteiger partial charge on any atom is 0.322 e. The Morgan fingerprint density at radius 3 is 3.00 bits per heavy atom. The Labute approximate surface area is 132 Å². The van der Waals surface area contributed by atoms with E-state index in [0.29, 0.717) is 12.2 Å². The van der Waals surface area contributed by atoms with Gasteiger partial charge < -0.3 is 14.8 Å². The Kier molecular flexibility index (Phi) is 3.98. The van der Waals surface area contributed by atoms with E-state index in [-0.39, 0.29) is 17.6 Å². The number of nitrogens with zero attached hydrogens (tertiary/aromatic N) is 3. The SMILES string of the molecule is Cc1csc(C2CCCN2C(=O)Nc2ccn(C)c(=O)c2)n1. The number of thiazole rings is 1. The van der Waals surface area contributed by atoms with Gasteiger partial charge in [-0.1, -0.05) is 0 Å². The van der Waals surface area contributed by atoms with Gasteiger partial charge in [-0.3, -0.25) is 4.79 Å². The molecule has 0 aliphatic carbocycles. The maximum absolute atomic E-state index is 12.5. The molecule has 1 aliphatic rings. The fourth-order valence-electron chi connectivity index (χ4n) is 2.61. The first-order chi connectivity index (χ1) is 10.5. The summed E-state index contributed by atoms with van der Waals surface area (Å²) in [6.45, 7) is 2.67. The standard InChI is InChI=1S/C15H18N4O2S/c1-10-9-22-14(16-10)12-4-3-6-19(12)15(21)17-11-5-7-18(2)13(20)8-11/h5,7-9,12H,3-4,6H2,1-2H3,(H,17,21). The van der Waals surface area contributed by atoms with E-state index in [2.05, 4.69) is 10.3 Å². The van der Waals surface area contributed by atoms with Crippen molar-refractivity contribution in [3.8, 4) is 0 Å². The summed E-state index contributed by atoms with van der Waals surface area (Å²) < 4.78 is 1.46. The number of hydrogen-bond donors (Lipinski definition) is 1. The van der Waals surface area contributed by atoms with Crippen LogP contribution in [0.15, 0.2) is 28.5 Å². The van der Waals surface area contributed by atoms with Gasteiger partial charge in [-0.05, 0) is 25.8 Å². The minimum Gasteiger partial charge on any atom is -0.318 e. The van der Waals surface area contributed by atoms with E-state index in [1.165, 1.54) is 10.6 Å². The van der Waals surface area contributed by atoms with Crippen LogP contribution < -0.4 is 10.9 Å². The van der Waals surface area contributed by atoms with Crippen LogP contribution in [0.2, 0.25) is 0 Å². The van der Waals surface area contributed by atoms with Crippen molar-refractivity contribution in [1.29, 1.82) is 0 Å². The third-order valence-electron chi connectivity index (χ3n) is 3.79. The lowest BCUT2D eigenvalue weighted by Crippen LogP contribution is -2.34. The lowest BCUT2D eigenvalue weighted by atomic mass is 10.2. The molecule has 2 aromatic heterocycles. The fourth-order valence-corrected chi connectivity index (χ4v) is 3.56. The third-order valence-corrected chi connectivity index (χ3v) is 4.85. The van der Waals surface area contributed by atoms with Gasteiger partial charge in [0, 0.05) is 42.6 Å². The molecule has 116 valence electrons. The first-order valence-electron chi connectivity index (χ1n) is 7.21. The van der Waals surface area contributed by atoms with Crippen molar-refractivity contribution >= 4 is 23.1 Å². The maximum atomic E-state index is 12.5. The Hall–Kier alpha value is -2.15. The average molecular weight is 318 g/mol. The van der Waals surface area contributed by atoms with E-state index in [9.17, 15) is 9.59 Å². The summed E-state index contributed by atoms with van der Waals surface area (Å²) in [4.78, 5) is 30.4. The molecule has 1 atom stereocenters. The van der Waals surface area contributed by atoms with Crippen molar-refractivity contribution in [2.75, 3.05) is 11.9 Å². The highest BCUT2D eigenvalue weighted by molar-refractivity contribution is 7.09. The molecular weight excluding hydrogens is 300 g/mol. The molecule has 2 aromatic rings. The highest BCUT2D eigenvalue weighted by atomic mass is 32.1. The summed E-state index contributed by atoms with van der Waals surface area (Å²) in [5.41, 5.74) is 1.36. The highest BCUT2D eigenvalue weighted by Gasteiger charge is 2.31. The van der Waals surface area contributed by atoms with Gasteiger partial charge in [0.15, 0.2) is 0 Å². The molecule has 0 bridgehead atoms. The zero-order valence-electron chi connectivity index (χ0n) is 12.6. The first-order valence-corrected chi connectivity index (χ1v) is 8.09. The van der Waals surface area contributed by atoms with Crippen LogP contribution in [0.25, 0.3) is 0 Å². The van der Waals surface area contributed by atoms with Crippen LogP contribution in [0.5, 0.6) is 0 Å². The minimum atomic E-state index is -0.177. The van der Waals surface area contributed by atoms with Crippen molar-refractivity contribution in [3.63, 3.8) is 0 Å². The molecule has 1 N–H and O–H groups in total. The van der Waals surface area contributed by atoms with E-state index >= 15 is 0 Å². The molecule has 7 heteroatoms. The van der Waals surface area contributed by atoms with Crippen LogP contribution in [-0.2, 0) is 7.05 Å². The van der Waals surface area contributed by atoms with Crippen molar-refractivity contribution in [2.45, 2.75) is 25.8 Å². The summed E-state index contributed by atoms with van der Waals surface area (Å²) in [5, 5.41) is 5.79. The van der Waals surface area contributed by atoms with Crippen LogP contribution >= 0.6 is 11.3 Å². The Bertz CT molecular complexity index is 752. The van der Waals surface area contributed by atoms with Crippen LogP contribution in [0, 0.1) is 6.92 Å². The number of rotatable bonds is 2. The molecule has 6 nitrogen and oxygen atoms in total. The minimum absolute atomic E-state index is 0.0326. The molecule has 0 spiro atoms. The predicted molar refractivity (Wildman–Crippen MR) is 86.2 cm³/mol. The zero-order valence-corrected chi connectivity index (χ0v) is 13.4. The highest BCUT2D eigenvalue weighted by Crippen LogP contribution is 2.33. The van der Waals surface area contributed by atoms with Crippen molar-refractivity contribution < 1.29 is 4.79 Å². The fraction of sp³-hybridized carbons (Fsp3) is 0.400. The average Bonchev–Trinajstić information content (AvgIpc) is 3.11. The predicted octanol–water partition coefficient (Wildman–Crippen LogP) is 2.52. The monoisotopic (exact) mass is 318 g/mol. The van der Waals surface area contributed by atoms with Crippen molar-refractivity contribution in [2.24, 2.45) is 7.05 Å². The van der Waals surface area contributed by atoms with Crippen LogP contribution in [0.4, 0.5) is 10.5 Å². The van der Waals surface area contributed by atoms with Crippen LogP contribution in [0.1, 0.15) is 29.6 Å². The molecule has 2 amide bonds. The quantitative estimate of drug-likeness (QED) is 0.925. The molecule has 3 rings (SSSR count). The second kappa shape index (κ2) is 5.92. The molecule has 3 heterocycles. The van der Waals surface area contributed by atoms with Gasteiger partial charge in [0.05, 0.1) is 6.04 Å². The van der Waals surface area contributed by atoms with Gasteiger partial charge in [0.2, 0.25) is 0 Å². The summed E-state index contributed by atoms with van der Waals surface area (Å²) in [6.07, 6.45) is 3.54. The first kappa shape index (κ1) is 14.8. The zero-order chi connectivity index (χ0) is 15.7. The van der Waals surface area contributed by atoms with E-state index < -0.39 is 0 Å². The van der Waals surface area contributed by atoms with Crippen LogP contribution in [-0.4, -0.2) is 27.0 Å². The molecule has 1 unspecified atom stereocenters. The Morgan fingerprint density at radius 1 is 1.50 bits per heavy atom. The number of aryl methyl sites for hydroxylation is 2. The van der Waals surface area contributed by atoms with Crippen molar-refractivity contribution in [3.05, 3.63) is 44.8 Å². The van der Waals surface area contributed by atoms with Gasteiger partial charge >= 0.3 is 6.03 Å². The lowest BCUT2D eigenvalue weighted by molar-refractivity contribution is 0.207. The molecule has 1 aliphatic heterocycles. The van der Waals surface area contributed by atoms with Gasteiger partial charge in [-0.15, -0.1) is 11.3 Å². The lowest BCUT2D eigenvalue weighted by Gasteiger charge is -2.23. The van der Waals surface area contributed by atoms with Gasteiger partial charge in [0.25, 0.3) is 5.56 Å². The number of nitrogens with one attached hydrogen (secondary N) is 1. The molecule has 1 fully saturated rings. The molecule has 1 saturated heterocycles. The number of carbonyl (C=O) groups excluding carboxylic acids is 1. The number of carbonyl (C=O) groups is 1.